The molecule has 1 N–H and O–H groups in total. The molecule has 0 spiro atoms. The summed E-state index contributed by atoms with van der Waals surface area (Å²) in [4.78, 5) is 0. The van der Waals surface area contributed by atoms with Crippen LogP contribution < -0.4 is 0 Å². The van der Waals surface area contributed by atoms with Gasteiger partial charge in [-0.15, -0.1) is 0 Å². The van der Waals surface area contributed by atoms with E-state index in [0.29, 0.717) is 0 Å². The third-order valence-electron chi connectivity index (χ3n) is 2.10. The van der Waals surface area contributed by atoms with E-state index in [0.717, 1.165) is 6.42 Å². The highest BCUT2D eigenvalue weighted by Gasteiger charge is 1.98. The Balaban J connectivity index is 2.96. The summed E-state index contributed by atoms with van der Waals surface area (Å²) in [5, 5.41) is 8.74. The van der Waals surface area contributed by atoms with Gasteiger partial charge < -0.3 is 5.11 Å². The molecule has 0 aliphatic heterocycles. The molecule has 0 aliphatic carbocycles. The lowest BCUT2D eigenvalue weighted by Crippen LogP contribution is -1.95. The third kappa shape index (κ3) is 1.81. The van der Waals surface area contributed by atoms with E-state index in [2.05, 4.69) is 26.0 Å². The first-order valence-corrected chi connectivity index (χ1v) is 3.91. The molecule has 1 aromatic carbocycles. The number of aliphatic hydroxyl groups excluding tert-OH is 1. The van der Waals surface area contributed by atoms with Gasteiger partial charge in [0.15, 0.2) is 0 Å². The van der Waals surface area contributed by atoms with Crippen LogP contribution in [0.4, 0.5) is 0 Å². The maximum atomic E-state index is 8.74. The molecule has 0 aliphatic rings. The van der Waals surface area contributed by atoms with Crippen LogP contribution in [-0.2, 0) is 6.42 Å². The van der Waals surface area contributed by atoms with Crippen LogP contribution >= 0.6 is 0 Å². The van der Waals surface area contributed by atoms with Gasteiger partial charge in [0.1, 0.15) is 0 Å². The maximum Gasteiger partial charge on any atom is 0.0471 e. The van der Waals surface area contributed by atoms with Crippen LogP contribution in [0.25, 0.3) is 0 Å². The topological polar surface area (TPSA) is 20.2 Å². The van der Waals surface area contributed by atoms with Gasteiger partial charge in [-0.05, 0) is 37.0 Å². The molecule has 60 valence electrons. The van der Waals surface area contributed by atoms with Crippen molar-refractivity contribution >= 4 is 0 Å². The van der Waals surface area contributed by atoms with Gasteiger partial charge in [0.05, 0.1) is 0 Å². The van der Waals surface area contributed by atoms with E-state index in [4.69, 9.17) is 5.11 Å². The summed E-state index contributed by atoms with van der Waals surface area (Å²) in [5.74, 6) is 0. The van der Waals surface area contributed by atoms with Crippen LogP contribution in [0.15, 0.2) is 18.2 Å². The smallest absolute Gasteiger partial charge is 0.0471 e. The quantitative estimate of drug-likeness (QED) is 0.682. The average Bonchev–Trinajstić information content (AvgIpc) is 1.99. The second kappa shape index (κ2) is 3.54. The summed E-state index contributed by atoms with van der Waals surface area (Å²) in [6.07, 6.45) is 0.771. The molecule has 0 saturated carbocycles. The summed E-state index contributed by atoms with van der Waals surface area (Å²) in [7, 11) is 0. The monoisotopic (exact) mass is 150 g/mol. The second-order valence-electron chi connectivity index (χ2n) is 2.83. The van der Waals surface area contributed by atoms with Crippen molar-refractivity contribution in [3.63, 3.8) is 0 Å². The number of hydrogen-bond acceptors (Lipinski definition) is 1. The van der Waals surface area contributed by atoms with Crippen LogP contribution in [0.1, 0.15) is 16.7 Å². The molecule has 0 radical (unpaired) electrons. The second-order valence-corrected chi connectivity index (χ2v) is 2.83. The Morgan fingerprint density at radius 3 is 2.64 bits per heavy atom. The van der Waals surface area contributed by atoms with Crippen molar-refractivity contribution in [1.29, 1.82) is 0 Å². The predicted octanol–water partition coefficient (Wildman–Crippen LogP) is 1.84. The molecule has 0 atom stereocenters. The fraction of sp³-hybridized carbons (Fsp3) is 0.400. The van der Waals surface area contributed by atoms with E-state index in [9.17, 15) is 0 Å². The van der Waals surface area contributed by atoms with Gasteiger partial charge in [0, 0.05) is 6.61 Å². The fourth-order valence-electron chi connectivity index (χ4n) is 1.20. The SMILES string of the molecule is Cc1cccc(CCO)c1C. The summed E-state index contributed by atoms with van der Waals surface area (Å²) < 4.78 is 0. The first kappa shape index (κ1) is 8.28. The Morgan fingerprint density at radius 2 is 2.00 bits per heavy atom. The molecule has 0 unspecified atom stereocenters. The van der Waals surface area contributed by atoms with Gasteiger partial charge >= 0.3 is 0 Å². The maximum absolute atomic E-state index is 8.74. The molecule has 0 fully saturated rings. The summed E-state index contributed by atoms with van der Waals surface area (Å²) >= 11 is 0. The number of rotatable bonds is 2. The highest BCUT2D eigenvalue weighted by molar-refractivity contribution is 5.33. The standard InChI is InChI=1S/C10H14O/c1-8-4-3-5-10(6-7-11)9(8)2/h3-5,11H,6-7H2,1-2H3. The Hall–Kier alpha value is -0.820. The zero-order valence-corrected chi connectivity index (χ0v) is 7.09. The van der Waals surface area contributed by atoms with Crippen LogP contribution in [0.5, 0.6) is 0 Å². The predicted molar refractivity (Wildman–Crippen MR) is 46.7 cm³/mol. The van der Waals surface area contributed by atoms with Crippen molar-refractivity contribution in [2.75, 3.05) is 6.61 Å². The molecule has 0 aromatic heterocycles. The summed E-state index contributed by atoms with van der Waals surface area (Å²) in [6, 6.07) is 6.20. The normalized spacial score (nSPS) is 10.1. The van der Waals surface area contributed by atoms with Gasteiger partial charge in [0.2, 0.25) is 0 Å². The van der Waals surface area contributed by atoms with Gasteiger partial charge in [-0.25, -0.2) is 0 Å². The average molecular weight is 150 g/mol. The minimum atomic E-state index is 0.240. The van der Waals surface area contributed by atoms with E-state index in [-0.39, 0.29) is 6.61 Å². The molecular weight excluding hydrogens is 136 g/mol. The fourth-order valence-corrected chi connectivity index (χ4v) is 1.20. The van der Waals surface area contributed by atoms with E-state index in [1.165, 1.54) is 16.7 Å². The Labute approximate surface area is 67.7 Å². The molecule has 1 heteroatoms. The molecule has 0 heterocycles. The van der Waals surface area contributed by atoms with Crippen molar-refractivity contribution in [2.45, 2.75) is 20.3 Å². The van der Waals surface area contributed by atoms with Crippen molar-refractivity contribution in [3.05, 3.63) is 34.9 Å². The molecule has 1 aromatic rings. The van der Waals surface area contributed by atoms with Gasteiger partial charge in [-0.3, -0.25) is 0 Å². The lowest BCUT2D eigenvalue weighted by molar-refractivity contribution is 0.299. The number of aryl methyl sites for hydroxylation is 1. The first-order chi connectivity index (χ1) is 5.25. The molecule has 0 saturated heterocycles. The van der Waals surface area contributed by atoms with Crippen molar-refractivity contribution in [2.24, 2.45) is 0 Å². The highest BCUT2D eigenvalue weighted by Crippen LogP contribution is 2.12. The minimum Gasteiger partial charge on any atom is -0.396 e. The molecule has 0 amide bonds. The molecular formula is C10H14O. The lowest BCUT2D eigenvalue weighted by Gasteiger charge is -2.05. The van der Waals surface area contributed by atoms with Gasteiger partial charge in [-0.2, -0.15) is 0 Å². The third-order valence-corrected chi connectivity index (χ3v) is 2.10. The Morgan fingerprint density at radius 1 is 1.27 bits per heavy atom. The van der Waals surface area contributed by atoms with E-state index < -0.39 is 0 Å². The van der Waals surface area contributed by atoms with Crippen molar-refractivity contribution in [1.82, 2.24) is 0 Å². The highest BCUT2D eigenvalue weighted by atomic mass is 16.2. The molecule has 11 heavy (non-hydrogen) atoms. The summed E-state index contributed by atoms with van der Waals surface area (Å²) in [5.41, 5.74) is 3.87. The zero-order valence-electron chi connectivity index (χ0n) is 7.09. The molecule has 1 rings (SSSR count). The Kier molecular flexibility index (Phi) is 2.66. The van der Waals surface area contributed by atoms with Gasteiger partial charge in [-0.1, -0.05) is 18.2 Å². The first-order valence-electron chi connectivity index (χ1n) is 3.91. The largest absolute Gasteiger partial charge is 0.396 e. The van der Waals surface area contributed by atoms with E-state index >= 15 is 0 Å². The lowest BCUT2D eigenvalue weighted by atomic mass is 10.0. The van der Waals surface area contributed by atoms with Crippen molar-refractivity contribution in [3.8, 4) is 0 Å². The van der Waals surface area contributed by atoms with Crippen LogP contribution in [0.2, 0.25) is 0 Å². The number of hydrogen-bond donors (Lipinski definition) is 1. The van der Waals surface area contributed by atoms with Crippen LogP contribution in [0.3, 0.4) is 0 Å². The van der Waals surface area contributed by atoms with E-state index in [1.54, 1.807) is 0 Å². The minimum absolute atomic E-state index is 0.240. The summed E-state index contributed by atoms with van der Waals surface area (Å²) in [6.45, 7) is 4.43. The van der Waals surface area contributed by atoms with Crippen molar-refractivity contribution < 1.29 is 5.11 Å². The van der Waals surface area contributed by atoms with Crippen LogP contribution in [-0.4, -0.2) is 11.7 Å². The zero-order chi connectivity index (χ0) is 8.27. The molecule has 1 nitrogen and oxygen atoms in total. The Bertz CT molecular complexity index is 241. The van der Waals surface area contributed by atoms with Crippen LogP contribution in [0, 0.1) is 13.8 Å². The molecule has 0 bridgehead atoms. The number of aliphatic hydroxyl groups is 1. The van der Waals surface area contributed by atoms with Gasteiger partial charge in [0.25, 0.3) is 0 Å². The number of benzene rings is 1. The van der Waals surface area contributed by atoms with E-state index in [1.807, 2.05) is 6.07 Å².